The normalized spacial score (nSPS) is 17.3. The van der Waals surface area contributed by atoms with Crippen molar-refractivity contribution in [1.82, 2.24) is 0 Å². The topological polar surface area (TPSA) is 0 Å². The van der Waals surface area contributed by atoms with E-state index in [0.717, 1.165) is 34.4 Å². The summed E-state index contributed by atoms with van der Waals surface area (Å²) >= 11 is -3.37. The Bertz CT molecular complexity index is 2530. The van der Waals surface area contributed by atoms with Gasteiger partial charge in [0.15, 0.2) is 0 Å². The molecule has 2 atom stereocenters. The van der Waals surface area contributed by atoms with E-state index in [9.17, 15) is 26.3 Å². The molecule has 6 aromatic carbocycles. The summed E-state index contributed by atoms with van der Waals surface area (Å²) in [7, 11) is -0.891. The summed E-state index contributed by atoms with van der Waals surface area (Å²) in [5.74, 6) is 0.199. The van der Waals surface area contributed by atoms with Crippen LogP contribution in [0.25, 0.3) is 45.5 Å². The Labute approximate surface area is 345 Å². The van der Waals surface area contributed by atoms with Crippen LogP contribution in [0.2, 0.25) is 0 Å². The second-order valence-electron chi connectivity index (χ2n) is 16.3. The van der Waals surface area contributed by atoms with Gasteiger partial charge in [-0.1, -0.05) is 0 Å². The summed E-state index contributed by atoms with van der Waals surface area (Å²) in [6, 6.07) is 38.9. The Morgan fingerprint density at radius 1 is 0.466 bits per heavy atom. The SMILES string of the molecule is CC(C)C1=Cc2c(-c3ccccc3C(F)(F)F)cccc2[CH]1[Zr]([c]1cccc2c1[SiH2]c1ccccc1-2)[CH]1C(C(C)C)=Cc2c(-c3ccccc3C(F)(F)F)cccc21. The quantitative estimate of drug-likeness (QED) is 0.111. The molecule has 6 aromatic rings. The molecule has 0 nitrogen and oxygen atoms in total. The summed E-state index contributed by atoms with van der Waals surface area (Å²) < 4.78 is 88.9. The van der Waals surface area contributed by atoms with E-state index in [0.29, 0.717) is 11.1 Å². The Morgan fingerprint density at radius 2 is 0.879 bits per heavy atom. The molecule has 0 amide bonds. The average Bonchev–Trinajstić information content (AvgIpc) is 3.90. The maximum atomic E-state index is 14.6. The van der Waals surface area contributed by atoms with Crippen molar-refractivity contribution in [3.8, 4) is 33.4 Å². The van der Waals surface area contributed by atoms with Crippen molar-refractivity contribution < 1.29 is 48.1 Å². The van der Waals surface area contributed by atoms with Gasteiger partial charge in [-0.05, 0) is 0 Å². The molecular formula is C50H41F6SiZr. The number of halogens is 6. The van der Waals surface area contributed by atoms with E-state index in [-0.39, 0.29) is 30.2 Å². The van der Waals surface area contributed by atoms with Gasteiger partial charge in [-0.3, -0.25) is 0 Å². The maximum absolute atomic E-state index is 14.6. The molecule has 2 aliphatic carbocycles. The van der Waals surface area contributed by atoms with E-state index in [2.05, 4.69) is 94.4 Å². The van der Waals surface area contributed by atoms with Gasteiger partial charge in [0.2, 0.25) is 0 Å². The molecule has 0 N–H and O–H groups in total. The minimum atomic E-state index is -4.53. The van der Waals surface area contributed by atoms with Crippen molar-refractivity contribution in [2.24, 2.45) is 11.8 Å². The molecule has 58 heavy (non-hydrogen) atoms. The zero-order valence-corrected chi connectivity index (χ0v) is 36.4. The Balaban J connectivity index is 1.32. The monoisotopic (exact) mass is 873 g/mol. The van der Waals surface area contributed by atoms with Gasteiger partial charge >= 0.3 is 348 Å². The number of alkyl halides is 6. The molecule has 8 heteroatoms. The van der Waals surface area contributed by atoms with Gasteiger partial charge in [-0.25, -0.2) is 0 Å². The first kappa shape index (κ1) is 39.0. The molecule has 0 aromatic heterocycles. The van der Waals surface area contributed by atoms with Crippen LogP contribution in [0.3, 0.4) is 0 Å². The van der Waals surface area contributed by atoms with Crippen molar-refractivity contribution in [1.29, 1.82) is 0 Å². The van der Waals surface area contributed by atoms with Crippen LogP contribution in [0.5, 0.6) is 0 Å². The van der Waals surface area contributed by atoms with Gasteiger partial charge in [-0.15, -0.1) is 0 Å². The summed E-state index contributed by atoms with van der Waals surface area (Å²) in [5, 5.41) is 2.85. The van der Waals surface area contributed by atoms with Gasteiger partial charge in [0.1, 0.15) is 0 Å². The fourth-order valence-electron chi connectivity index (χ4n) is 9.85. The number of fused-ring (bicyclic) bond motifs is 5. The average molecular weight is 875 g/mol. The van der Waals surface area contributed by atoms with Crippen molar-refractivity contribution in [3.63, 3.8) is 0 Å². The van der Waals surface area contributed by atoms with Gasteiger partial charge in [0, 0.05) is 0 Å². The molecule has 1 heterocycles. The summed E-state index contributed by atoms with van der Waals surface area (Å²) in [4.78, 5) is 0. The zero-order chi connectivity index (χ0) is 40.7. The van der Waals surface area contributed by atoms with E-state index < -0.39 is 54.7 Å². The summed E-state index contributed by atoms with van der Waals surface area (Å²) in [5.41, 5.74) is 9.02. The summed E-state index contributed by atoms with van der Waals surface area (Å²) in [6.07, 6.45) is -4.68. The van der Waals surface area contributed by atoms with Crippen molar-refractivity contribution >= 4 is 35.3 Å². The molecule has 9 rings (SSSR count). The van der Waals surface area contributed by atoms with E-state index in [1.54, 1.807) is 24.3 Å². The fourth-order valence-corrected chi connectivity index (χ4v) is 24.6. The van der Waals surface area contributed by atoms with Crippen molar-refractivity contribution in [3.05, 3.63) is 172 Å². The van der Waals surface area contributed by atoms with E-state index >= 15 is 0 Å². The van der Waals surface area contributed by atoms with Gasteiger partial charge in [0.25, 0.3) is 0 Å². The number of hydrogen-bond donors (Lipinski definition) is 0. The van der Waals surface area contributed by atoms with Crippen LogP contribution in [0.1, 0.15) is 68.3 Å². The first-order valence-corrected chi connectivity index (χ1v) is 25.3. The number of benzene rings is 6. The third kappa shape index (κ3) is 6.46. The number of rotatable bonds is 7. The molecule has 1 aliphatic heterocycles. The van der Waals surface area contributed by atoms with Gasteiger partial charge in [-0.2, -0.15) is 0 Å². The molecule has 291 valence electrons. The van der Waals surface area contributed by atoms with E-state index in [1.165, 1.54) is 48.1 Å². The first-order valence-electron chi connectivity index (χ1n) is 19.8. The van der Waals surface area contributed by atoms with Gasteiger partial charge < -0.3 is 0 Å². The second-order valence-corrected chi connectivity index (χ2v) is 24.5. The van der Waals surface area contributed by atoms with Crippen molar-refractivity contribution in [2.75, 3.05) is 0 Å². The zero-order valence-electron chi connectivity index (χ0n) is 32.6. The van der Waals surface area contributed by atoms with Gasteiger partial charge in [0.05, 0.1) is 0 Å². The van der Waals surface area contributed by atoms with Crippen LogP contribution in [-0.2, 0) is 34.1 Å². The van der Waals surface area contributed by atoms with Crippen LogP contribution < -0.4 is 13.6 Å². The molecule has 0 radical (unpaired) electrons. The molecule has 3 aliphatic rings. The number of hydrogen-bond acceptors (Lipinski definition) is 0. The summed E-state index contributed by atoms with van der Waals surface area (Å²) in [6.45, 7) is 8.73. The van der Waals surface area contributed by atoms with E-state index in [4.69, 9.17) is 0 Å². The van der Waals surface area contributed by atoms with Crippen LogP contribution in [-0.4, -0.2) is 9.52 Å². The van der Waals surface area contributed by atoms with Crippen LogP contribution in [0.4, 0.5) is 26.3 Å². The third-order valence-electron chi connectivity index (χ3n) is 12.4. The molecule has 0 fully saturated rings. The van der Waals surface area contributed by atoms with Crippen LogP contribution in [0.15, 0.2) is 139 Å². The predicted molar refractivity (Wildman–Crippen MR) is 224 cm³/mol. The standard InChI is InChI=1S/2C19H16F3.C12H9Si.Zr/c2*1-12(2)14-10-13-6-5-8-15(17(13)11-14)16-7-3-4-9-18(16)19(20,21)22;1-3-7-11-9(5-1)10-6-2-4-8-12(10)13-11;/h2*3-12H,1-2H3;1-7H,13H2;. The molecule has 0 saturated carbocycles. The number of allylic oxidation sites excluding steroid dienone is 2. The Morgan fingerprint density at radius 3 is 1.36 bits per heavy atom. The van der Waals surface area contributed by atoms with E-state index in [1.807, 2.05) is 24.3 Å². The van der Waals surface area contributed by atoms with Crippen LogP contribution in [0, 0.1) is 11.8 Å². The molecule has 2 unspecified atom stereocenters. The fraction of sp³-hybridized carbons (Fsp3) is 0.200. The Hall–Kier alpha value is -4.52. The minimum absolute atomic E-state index is 0.0242. The molecular weight excluding hydrogens is 834 g/mol. The second kappa shape index (κ2) is 14.6. The predicted octanol–water partition coefficient (Wildman–Crippen LogP) is 12.0. The molecule has 0 saturated heterocycles. The molecule has 0 spiro atoms. The first-order chi connectivity index (χ1) is 27.7. The molecule has 0 bridgehead atoms. The van der Waals surface area contributed by atoms with Crippen LogP contribution >= 0.6 is 0 Å². The van der Waals surface area contributed by atoms with Crippen molar-refractivity contribution in [2.45, 2.75) is 47.3 Å². The Kier molecular flexibility index (Phi) is 9.83. The third-order valence-corrected chi connectivity index (χ3v) is 24.2.